The third-order valence-corrected chi connectivity index (χ3v) is 4.32. The number of nitrogens with zero attached hydrogens (tertiary/aromatic N) is 1. The molecule has 1 heterocycles. The smallest absolute Gasteiger partial charge is 0.251 e. The summed E-state index contributed by atoms with van der Waals surface area (Å²) in [6.45, 7) is 3.82. The van der Waals surface area contributed by atoms with Gasteiger partial charge in [0.15, 0.2) is 0 Å². The van der Waals surface area contributed by atoms with Crippen LogP contribution in [0.15, 0.2) is 48.5 Å². The minimum Gasteiger partial charge on any atom is -0.399 e. The van der Waals surface area contributed by atoms with Gasteiger partial charge >= 0.3 is 0 Å². The summed E-state index contributed by atoms with van der Waals surface area (Å²) < 4.78 is 0. The Labute approximate surface area is 137 Å². The summed E-state index contributed by atoms with van der Waals surface area (Å²) in [4.78, 5) is 14.5. The number of nitrogen functional groups attached to an aromatic ring is 1. The molecule has 0 atom stereocenters. The van der Waals surface area contributed by atoms with Crippen molar-refractivity contribution >= 4 is 11.6 Å². The maximum Gasteiger partial charge on any atom is 0.251 e. The van der Waals surface area contributed by atoms with E-state index in [1.54, 1.807) is 24.3 Å². The first-order valence-electron chi connectivity index (χ1n) is 8.15. The van der Waals surface area contributed by atoms with Crippen LogP contribution in [0.3, 0.4) is 0 Å². The van der Waals surface area contributed by atoms with Crippen LogP contribution < -0.4 is 11.1 Å². The number of anilines is 1. The first-order valence-corrected chi connectivity index (χ1v) is 8.15. The molecule has 0 radical (unpaired) electrons. The number of fused-ring (bicyclic) bond motifs is 1. The van der Waals surface area contributed by atoms with Gasteiger partial charge in [0.1, 0.15) is 0 Å². The molecular formula is C19H23N3O. The molecule has 1 amide bonds. The van der Waals surface area contributed by atoms with Crippen molar-refractivity contribution in [1.82, 2.24) is 10.2 Å². The number of benzene rings is 2. The summed E-state index contributed by atoms with van der Waals surface area (Å²) in [5.41, 5.74) is 9.87. The van der Waals surface area contributed by atoms with Crippen molar-refractivity contribution < 1.29 is 4.79 Å². The van der Waals surface area contributed by atoms with Gasteiger partial charge in [0.25, 0.3) is 5.91 Å². The molecular weight excluding hydrogens is 286 g/mol. The van der Waals surface area contributed by atoms with E-state index in [0.717, 1.165) is 32.5 Å². The van der Waals surface area contributed by atoms with Gasteiger partial charge in [0.2, 0.25) is 0 Å². The van der Waals surface area contributed by atoms with Crippen LogP contribution in [-0.2, 0) is 13.0 Å². The molecule has 0 spiro atoms. The molecule has 0 saturated heterocycles. The molecule has 2 aromatic rings. The van der Waals surface area contributed by atoms with E-state index >= 15 is 0 Å². The minimum atomic E-state index is -0.0333. The van der Waals surface area contributed by atoms with Crippen LogP contribution in [0.5, 0.6) is 0 Å². The van der Waals surface area contributed by atoms with E-state index in [9.17, 15) is 4.79 Å². The van der Waals surface area contributed by atoms with Crippen molar-refractivity contribution in [3.8, 4) is 0 Å². The lowest BCUT2D eigenvalue weighted by atomic mass is 10.00. The fourth-order valence-corrected chi connectivity index (χ4v) is 2.99. The second-order valence-corrected chi connectivity index (χ2v) is 6.03. The van der Waals surface area contributed by atoms with Gasteiger partial charge in [0.05, 0.1) is 0 Å². The highest BCUT2D eigenvalue weighted by atomic mass is 16.1. The normalized spacial score (nSPS) is 14.3. The van der Waals surface area contributed by atoms with Crippen LogP contribution in [-0.4, -0.2) is 30.4 Å². The zero-order valence-corrected chi connectivity index (χ0v) is 13.3. The number of carbonyl (C=O) groups is 1. The van der Waals surface area contributed by atoms with Gasteiger partial charge in [-0.15, -0.1) is 0 Å². The van der Waals surface area contributed by atoms with Crippen LogP contribution in [0, 0.1) is 0 Å². The summed E-state index contributed by atoms with van der Waals surface area (Å²) >= 11 is 0. The van der Waals surface area contributed by atoms with Gasteiger partial charge in [-0.25, -0.2) is 0 Å². The standard InChI is InChI=1S/C19H23N3O/c20-18-8-6-16(7-9-18)19(23)21-11-3-12-22-13-10-15-4-1-2-5-17(15)14-22/h1-2,4-9H,3,10-14,20H2,(H,21,23). The van der Waals surface area contributed by atoms with Crippen molar-refractivity contribution in [2.24, 2.45) is 0 Å². The predicted molar refractivity (Wildman–Crippen MR) is 93.2 cm³/mol. The summed E-state index contributed by atoms with van der Waals surface area (Å²) in [6.07, 6.45) is 2.08. The van der Waals surface area contributed by atoms with Crippen LogP contribution in [0.25, 0.3) is 0 Å². The summed E-state index contributed by atoms with van der Waals surface area (Å²) in [6, 6.07) is 15.7. The number of nitrogens with one attached hydrogen (secondary N) is 1. The lowest BCUT2D eigenvalue weighted by Gasteiger charge is -2.28. The second kappa shape index (κ2) is 7.29. The van der Waals surface area contributed by atoms with Crippen molar-refractivity contribution in [3.63, 3.8) is 0 Å². The first kappa shape index (κ1) is 15.6. The molecule has 4 nitrogen and oxygen atoms in total. The third kappa shape index (κ3) is 4.11. The number of rotatable bonds is 5. The second-order valence-electron chi connectivity index (χ2n) is 6.03. The number of amides is 1. The zero-order chi connectivity index (χ0) is 16.1. The van der Waals surface area contributed by atoms with E-state index in [2.05, 4.69) is 34.5 Å². The van der Waals surface area contributed by atoms with Crippen LogP contribution in [0.4, 0.5) is 5.69 Å². The summed E-state index contributed by atoms with van der Waals surface area (Å²) in [7, 11) is 0. The topological polar surface area (TPSA) is 58.4 Å². The Morgan fingerprint density at radius 2 is 1.83 bits per heavy atom. The van der Waals surface area contributed by atoms with Crippen LogP contribution in [0.1, 0.15) is 27.9 Å². The number of carbonyl (C=O) groups excluding carboxylic acids is 1. The van der Waals surface area contributed by atoms with Crippen LogP contribution >= 0.6 is 0 Å². The van der Waals surface area contributed by atoms with E-state index in [1.165, 1.54) is 11.1 Å². The van der Waals surface area contributed by atoms with Gasteiger partial charge < -0.3 is 11.1 Å². The maximum absolute atomic E-state index is 12.0. The quantitative estimate of drug-likeness (QED) is 0.659. The molecule has 0 saturated carbocycles. The summed E-state index contributed by atoms with van der Waals surface area (Å²) in [5, 5.41) is 2.97. The molecule has 0 unspecified atom stereocenters. The number of nitrogens with two attached hydrogens (primary N) is 1. The lowest BCUT2D eigenvalue weighted by molar-refractivity contribution is 0.0951. The Balaban J connectivity index is 1.40. The highest BCUT2D eigenvalue weighted by Crippen LogP contribution is 2.18. The Kier molecular flexibility index (Phi) is 4.93. The van der Waals surface area contributed by atoms with Gasteiger partial charge in [-0.1, -0.05) is 24.3 Å². The van der Waals surface area contributed by atoms with E-state index in [0.29, 0.717) is 17.8 Å². The zero-order valence-electron chi connectivity index (χ0n) is 13.3. The molecule has 3 rings (SSSR count). The largest absolute Gasteiger partial charge is 0.399 e. The third-order valence-electron chi connectivity index (χ3n) is 4.32. The van der Waals surface area contributed by atoms with Gasteiger partial charge in [-0.3, -0.25) is 9.69 Å². The Hall–Kier alpha value is -2.33. The average Bonchev–Trinajstić information content (AvgIpc) is 2.59. The highest BCUT2D eigenvalue weighted by molar-refractivity contribution is 5.94. The molecule has 0 bridgehead atoms. The molecule has 120 valence electrons. The number of hydrogen-bond donors (Lipinski definition) is 2. The van der Waals surface area contributed by atoms with Gasteiger partial charge in [-0.2, -0.15) is 0 Å². The van der Waals surface area contributed by atoms with Crippen molar-refractivity contribution in [2.45, 2.75) is 19.4 Å². The lowest BCUT2D eigenvalue weighted by Crippen LogP contribution is -2.33. The molecule has 1 aliphatic rings. The molecule has 0 fully saturated rings. The molecule has 2 aromatic carbocycles. The monoisotopic (exact) mass is 309 g/mol. The van der Waals surface area contributed by atoms with E-state index in [4.69, 9.17) is 5.73 Å². The molecule has 1 aliphatic heterocycles. The van der Waals surface area contributed by atoms with Crippen LogP contribution in [0.2, 0.25) is 0 Å². The Morgan fingerprint density at radius 3 is 2.61 bits per heavy atom. The molecule has 0 aromatic heterocycles. The van der Waals surface area contributed by atoms with Crippen molar-refractivity contribution in [2.75, 3.05) is 25.4 Å². The van der Waals surface area contributed by atoms with Gasteiger partial charge in [0, 0.05) is 37.4 Å². The van der Waals surface area contributed by atoms with E-state index in [-0.39, 0.29) is 5.91 Å². The predicted octanol–water partition coefficient (Wildman–Crippen LogP) is 2.45. The average molecular weight is 309 g/mol. The molecule has 4 heteroatoms. The maximum atomic E-state index is 12.0. The van der Waals surface area contributed by atoms with Crippen molar-refractivity contribution in [1.29, 1.82) is 0 Å². The minimum absolute atomic E-state index is 0.0333. The molecule has 0 aliphatic carbocycles. The number of hydrogen-bond acceptors (Lipinski definition) is 3. The molecule has 3 N–H and O–H groups in total. The highest BCUT2D eigenvalue weighted by Gasteiger charge is 2.15. The molecule has 23 heavy (non-hydrogen) atoms. The van der Waals surface area contributed by atoms with Crippen molar-refractivity contribution in [3.05, 3.63) is 65.2 Å². The summed E-state index contributed by atoms with van der Waals surface area (Å²) in [5.74, 6) is -0.0333. The fraction of sp³-hybridized carbons (Fsp3) is 0.316. The Morgan fingerprint density at radius 1 is 1.09 bits per heavy atom. The van der Waals surface area contributed by atoms with E-state index in [1.807, 2.05) is 0 Å². The van der Waals surface area contributed by atoms with Gasteiger partial charge in [-0.05, 0) is 48.2 Å². The van der Waals surface area contributed by atoms with E-state index < -0.39 is 0 Å². The first-order chi connectivity index (χ1) is 11.2. The SMILES string of the molecule is Nc1ccc(C(=O)NCCCN2CCc3ccccc3C2)cc1. The Bertz CT molecular complexity index is 667. The fourth-order valence-electron chi connectivity index (χ4n) is 2.99.